The molecule has 0 saturated carbocycles. The van der Waals surface area contributed by atoms with E-state index in [9.17, 15) is 9.59 Å². The maximum absolute atomic E-state index is 12.0. The van der Waals surface area contributed by atoms with Crippen molar-refractivity contribution in [2.24, 2.45) is 0 Å². The Bertz CT molecular complexity index is 961. The van der Waals surface area contributed by atoms with E-state index in [0.717, 1.165) is 25.2 Å². The Labute approximate surface area is 186 Å². The number of benzene rings is 1. The topological polar surface area (TPSA) is 111 Å². The van der Waals surface area contributed by atoms with Crippen LogP contribution >= 0.6 is 0 Å². The van der Waals surface area contributed by atoms with E-state index in [-0.39, 0.29) is 12.1 Å². The Morgan fingerprint density at radius 2 is 1.94 bits per heavy atom. The quantitative estimate of drug-likeness (QED) is 0.705. The number of amides is 2. The van der Waals surface area contributed by atoms with E-state index < -0.39 is 12.2 Å². The highest BCUT2D eigenvalue weighted by Gasteiger charge is 2.32. The maximum atomic E-state index is 12.0. The third kappa shape index (κ3) is 4.91. The fraction of sp³-hybridized carbons (Fsp3) is 0.455. The van der Waals surface area contributed by atoms with E-state index in [1.807, 2.05) is 13.8 Å². The Kier molecular flexibility index (Phi) is 6.40. The molecule has 32 heavy (non-hydrogen) atoms. The number of piperazine rings is 1. The van der Waals surface area contributed by atoms with Crippen LogP contribution in [0.1, 0.15) is 31.0 Å². The van der Waals surface area contributed by atoms with E-state index in [2.05, 4.69) is 44.5 Å². The summed E-state index contributed by atoms with van der Waals surface area (Å²) < 4.78 is 5.08. The lowest BCUT2D eigenvalue weighted by molar-refractivity contribution is 0.103. The molecule has 3 heterocycles. The van der Waals surface area contributed by atoms with Crippen LogP contribution < -0.4 is 10.2 Å². The van der Waals surface area contributed by atoms with Gasteiger partial charge in [-0.05, 0) is 31.0 Å². The highest BCUT2D eigenvalue weighted by Crippen LogP contribution is 2.23. The van der Waals surface area contributed by atoms with Crippen molar-refractivity contribution in [1.82, 2.24) is 19.8 Å². The second-order valence-corrected chi connectivity index (χ2v) is 8.19. The number of carboxylic acid groups (broad SMARTS) is 1. The van der Waals surface area contributed by atoms with Crippen molar-refractivity contribution in [3.05, 3.63) is 47.7 Å². The van der Waals surface area contributed by atoms with Crippen LogP contribution in [-0.4, -0.2) is 75.9 Å². The molecule has 2 saturated heterocycles. The standard InChI is InChI=1S/C22H28N6O4/c1-15-14-32-22(31)28(15)19-7-8-23-20(25-19)24-16(2)18-5-3-17(4-6-18)13-26-9-11-27(12-10-26)21(29)30/h3-8,15-16H,9-14H2,1-2H3,(H,29,30)(H,23,24,25)/t15?,16-/m0/s1. The van der Waals surface area contributed by atoms with Crippen molar-refractivity contribution in [2.45, 2.75) is 32.5 Å². The smallest absolute Gasteiger partial charge is 0.415 e. The molecule has 2 N–H and O–H groups in total. The van der Waals surface area contributed by atoms with Gasteiger partial charge in [-0.1, -0.05) is 24.3 Å². The van der Waals surface area contributed by atoms with Gasteiger partial charge in [-0.2, -0.15) is 4.98 Å². The third-order valence-electron chi connectivity index (χ3n) is 5.85. The molecular weight excluding hydrogens is 412 g/mol. The summed E-state index contributed by atoms with van der Waals surface area (Å²) in [7, 11) is 0. The van der Waals surface area contributed by atoms with Crippen molar-refractivity contribution in [1.29, 1.82) is 0 Å². The summed E-state index contributed by atoms with van der Waals surface area (Å²) >= 11 is 0. The number of anilines is 2. The first-order valence-corrected chi connectivity index (χ1v) is 10.8. The van der Waals surface area contributed by atoms with Crippen molar-refractivity contribution in [3.63, 3.8) is 0 Å². The van der Waals surface area contributed by atoms with Crippen LogP contribution in [0.15, 0.2) is 36.5 Å². The molecule has 2 fully saturated rings. The molecule has 4 rings (SSSR count). The summed E-state index contributed by atoms with van der Waals surface area (Å²) in [5, 5.41) is 12.4. The van der Waals surface area contributed by atoms with Gasteiger partial charge in [0.15, 0.2) is 0 Å². The molecule has 10 nitrogen and oxygen atoms in total. The van der Waals surface area contributed by atoms with E-state index in [1.54, 1.807) is 12.3 Å². The number of nitrogens with one attached hydrogen (secondary N) is 1. The van der Waals surface area contributed by atoms with E-state index in [4.69, 9.17) is 9.84 Å². The first-order chi connectivity index (χ1) is 15.4. The van der Waals surface area contributed by atoms with Crippen LogP contribution in [-0.2, 0) is 11.3 Å². The Morgan fingerprint density at radius 1 is 1.22 bits per heavy atom. The fourth-order valence-corrected chi connectivity index (χ4v) is 3.93. The van der Waals surface area contributed by atoms with Crippen LogP contribution in [0.4, 0.5) is 21.4 Å². The number of cyclic esters (lactones) is 1. The third-order valence-corrected chi connectivity index (χ3v) is 5.85. The maximum Gasteiger partial charge on any atom is 0.415 e. The van der Waals surface area contributed by atoms with Gasteiger partial charge in [0.25, 0.3) is 0 Å². The van der Waals surface area contributed by atoms with Crippen LogP contribution in [0.3, 0.4) is 0 Å². The minimum absolute atomic E-state index is 0.0265. The number of ether oxygens (including phenoxy) is 1. The zero-order chi connectivity index (χ0) is 22.7. The van der Waals surface area contributed by atoms with E-state index in [0.29, 0.717) is 31.5 Å². The minimum atomic E-state index is -0.847. The number of hydrogen-bond donors (Lipinski definition) is 2. The number of rotatable bonds is 6. The van der Waals surface area contributed by atoms with Crippen molar-refractivity contribution in [3.8, 4) is 0 Å². The van der Waals surface area contributed by atoms with Crippen molar-refractivity contribution in [2.75, 3.05) is 43.0 Å². The van der Waals surface area contributed by atoms with Crippen molar-refractivity contribution < 1.29 is 19.4 Å². The zero-order valence-electron chi connectivity index (χ0n) is 18.3. The monoisotopic (exact) mass is 440 g/mol. The van der Waals surface area contributed by atoms with Crippen LogP contribution in [0, 0.1) is 0 Å². The molecule has 2 atom stereocenters. The highest BCUT2D eigenvalue weighted by molar-refractivity contribution is 5.89. The highest BCUT2D eigenvalue weighted by atomic mass is 16.6. The summed E-state index contributed by atoms with van der Waals surface area (Å²) in [4.78, 5) is 37.0. The first kappa shape index (κ1) is 21.8. The molecule has 2 aliphatic rings. The lowest BCUT2D eigenvalue weighted by Crippen LogP contribution is -2.47. The minimum Gasteiger partial charge on any atom is -0.465 e. The van der Waals surface area contributed by atoms with Gasteiger partial charge < -0.3 is 20.1 Å². The summed E-state index contributed by atoms with van der Waals surface area (Å²) in [5.41, 5.74) is 2.27. The molecule has 2 aliphatic heterocycles. The second kappa shape index (κ2) is 9.39. The average molecular weight is 441 g/mol. The number of carbonyl (C=O) groups excluding carboxylic acids is 1. The number of nitrogens with zero attached hydrogens (tertiary/aromatic N) is 5. The molecule has 1 aromatic heterocycles. The second-order valence-electron chi connectivity index (χ2n) is 8.19. The summed E-state index contributed by atoms with van der Waals surface area (Å²) in [6.07, 6.45) is 0.387. The van der Waals surface area contributed by atoms with Gasteiger partial charge in [0.05, 0.1) is 12.1 Å². The van der Waals surface area contributed by atoms with Crippen LogP contribution in [0.5, 0.6) is 0 Å². The van der Waals surface area contributed by atoms with Gasteiger partial charge in [0.1, 0.15) is 12.4 Å². The van der Waals surface area contributed by atoms with Crippen molar-refractivity contribution >= 4 is 24.0 Å². The summed E-state index contributed by atoms with van der Waals surface area (Å²) in [6, 6.07) is 9.94. The predicted molar refractivity (Wildman–Crippen MR) is 119 cm³/mol. The Hall–Kier alpha value is -3.40. The molecule has 0 spiro atoms. The van der Waals surface area contributed by atoms with Gasteiger partial charge >= 0.3 is 12.2 Å². The molecular formula is C22H28N6O4. The summed E-state index contributed by atoms with van der Waals surface area (Å²) in [5.74, 6) is 0.963. The number of carbonyl (C=O) groups is 2. The lowest BCUT2D eigenvalue weighted by Gasteiger charge is -2.33. The normalized spacial score (nSPS) is 20.2. The summed E-state index contributed by atoms with van der Waals surface area (Å²) in [6.45, 7) is 7.65. The number of hydrogen-bond acceptors (Lipinski definition) is 7. The molecule has 1 aromatic carbocycles. The number of aromatic nitrogens is 2. The molecule has 0 aliphatic carbocycles. The molecule has 10 heteroatoms. The molecule has 0 bridgehead atoms. The Morgan fingerprint density at radius 3 is 2.56 bits per heavy atom. The lowest BCUT2D eigenvalue weighted by atomic mass is 10.1. The largest absolute Gasteiger partial charge is 0.465 e. The Balaban J connectivity index is 1.34. The molecule has 1 unspecified atom stereocenters. The van der Waals surface area contributed by atoms with Gasteiger partial charge in [-0.25, -0.2) is 14.6 Å². The van der Waals surface area contributed by atoms with Gasteiger partial charge in [-0.3, -0.25) is 9.80 Å². The average Bonchev–Trinajstić information content (AvgIpc) is 3.12. The first-order valence-electron chi connectivity index (χ1n) is 10.8. The molecule has 2 aromatic rings. The molecule has 0 radical (unpaired) electrons. The molecule has 170 valence electrons. The van der Waals surface area contributed by atoms with E-state index in [1.165, 1.54) is 15.4 Å². The van der Waals surface area contributed by atoms with E-state index >= 15 is 0 Å². The van der Waals surface area contributed by atoms with Gasteiger partial charge in [0.2, 0.25) is 5.95 Å². The molecule has 2 amide bonds. The predicted octanol–water partition coefficient (Wildman–Crippen LogP) is 2.79. The van der Waals surface area contributed by atoms with Gasteiger partial charge in [0, 0.05) is 38.9 Å². The fourth-order valence-electron chi connectivity index (χ4n) is 3.93. The SMILES string of the molecule is CC1COC(=O)N1c1ccnc(N[C@@H](C)c2ccc(CN3CCN(C(=O)O)CC3)cc2)n1. The van der Waals surface area contributed by atoms with Crippen LogP contribution in [0.25, 0.3) is 0 Å². The van der Waals surface area contributed by atoms with Crippen LogP contribution in [0.2, 0.25) is 0 Å². The van der Waals surface area contributed by atoms with Gasteiger partial charge in [-0.15, -0.1) is 0 Å². The zero-order valence-corrected chi connectivity index (χ0v) is 18.3.